The van der Waals surface area contributed by atoms with Gasteiger partial charge in [-0.15, -0.1) is 0 Å². The fraction of sp³-hybridized carbons (Fsp3) is 0.800. The van der Waals surface area contributed by atoms with Crippen molar-refractivity contribution in [2.75, 3.05) is 0 Å². The smallest absolute Gasteiger partial charge is 0.0260 e. The molecule has 0 heteroatoms. The summed E-state index contributed by atoms with van der Waals surface area (Å²) >= 11 is 0. The number of allylic oxidation sites excluding steroid dienone is 2. The SMILES string of the molecule is CC1=CCC2(CCC2)CC1. The molecule has 1 saturated carbocycles. The van der Waals surface area contributed by atoms with Gasteiger partial charge in [0.05, 0.1) is 0 Å². The Labute approximate surface area is 63.3 Å². The van der Waals surface area contributed by atoms with E-state index in [4.69, 9.17) is 0 Å². The molecule has 0 unspecified atom stereocenters. The summed E-state index contributed by atoms with van der Waals surface area (Å²) in [6.45, 7) is 2.27. The summed E-state index contributed by atoms with van der Waals surface area (Å²) in [7, 11) is 0. The molecular formula is C10H16. The summed E-state index contributed by atoms with van der Waals surface area (Å²) in [4.78, 5) is 0. The molecule has 0 radical (unpaired) electrons. The van der Waals surface area contributed by atoms with Crippen molar-refractivity contribution in [3.8, 4) is 0 Å². The highest BCUT2D eigenvalue weighted by molar-refractivity contribution is 5.09. The van der Waals surface area contributed by atoms with Gasteiger partial charge in [-0.25, -0.2) is 0 Å². The van der Waals surface area contributed by atoms with Gasteiger partial charge in [0.15, 0.2) is 0 Å². The molecule has 2 aliphatic rings. The van der Waals surface area contributed by atoms with Gasteiger partial charge in [-0.3, -0.25) is 0 Å². The highest BCUT2D eigenvalue weighted by Gasteiger charge is 2.36. The molecule has 2 rings (SSSR count). The van der Waals surface area contributed by atoms with Crippen LogP contribution in [0.2, 0.25) is 0 Å². The van der Waals surface area contributed by atoms with E-state index in [1.165, 1.54) is 38.5 Å². The van der Waals surface area contributed by atoms with Crippen molar-refractivity contribution in [1.29, 1.82) is 0 Å². The maximum atomic E-state index is 2.46. The first-order chi connectivity index (χ1) is 4.81. The molecule has 0 bridgehead atoms. The second-order valence-corrected chi connectivity index (χ2v) is 4.11. The van der Waals surface area contributed by atoms with Gasteiger partial charge in [0.2, 0.25) is 0 Å². The molecule has 0 heterocycles. The summed E-state index contributed by atoms with van der Waals surface area (Å²) in [6, 6.07) is 0. The highest BCUT2D eigenvalue weighted by atomic mass is 14.4. The number of hydrogen-bond donors (Lipinski definition) is 0. The standard InChI is InChI=1S/C10H16/c1-9-3-7-10(8-4-9)5-2-6-10/h3H,2,4-8H2,1H3. The Morgan fingerprint density at radius 3 is 2.50 bits per heavy atom. The van der Waals surface area contributed by atoms with Gasteiger partial charge in [-0.05, 0) is 44.4 Å². The third kappa shape index (κ3) is 0.902. The van der Waals surface area contributed by atoms with Crippen LogP contribution in [-0.2, 0) is 0 Å². The molecule has 0 aromatic carbocycles. The molecule has 2 aliphatic carbocycles. The van der Waals surface area contributed by atoms with Crippen LogP contribution < -0.4 is 0 Å². The lowest BCUT2D eigenvalue weighted by Gasteiger charge is -2.44. The topological polar surface area (TPSA) is 0 Å². The van der Waals surface area contributed by atoms with Crippen LogP contribution in [0.15, 0.2) is 11.6 Å². The van der Waals surface area contributed by atoms with E-state index in [1.54, 1.807) is 5.57 Å². The van der Waals surface area contributed by atoms with Gasteiger partial charge >= 0.3 is 0 Å². The Morgan fingerprint density at radius 1 is 1.30 bits per heavy atom. The molecule has 1 spiro atoms. The summed E-state index contributed by atoms with van der Waals surface area (Å²) in [5, 5.41) is 0. The maximum Gasteiger partial charge on any atom is -0.0260 e. The van der Waals surface area contributed by atoms with E-state index in [-0.39, 0.29) is 0 Å². The third-order valence-corrected chi connectivity index (χ3v) is 3.35. The zero-order valence-electron chi connectivity index (χ0n) is 6.82. The van der Waals surface area contributed by atoms with E-state index >= 15 is 0 Å². The van der Waals surface area contributed by atoms with Gasteiger partial charge < -0.3 is 0 Å². The first-order valence-electron chi connectivity index (χ1n) is 4.46. The zero-order valence-corrected chi connectivity index (χ0v) is 6.82. The van der Waals surface area contributed by atoms with Crippen LogP contribution in [0, 0.1) is 5.41 Å². The monoisotopic (exact) mass is 136 g/mol. The molecule has 0 amide bonds. The van der Waals surface area contributed by atoms with Gasteiger partial charge in [0.25, 0.3) is 0 Å². The van der Waals surface area contributed by atoms with Gasteiger partial charge in [-0.2, -0.15) is 0 Å². The lowest BCUT2D eigenvalue weighted by Crippen LogP contribution is -2.30. The van der Waals surface area contributed by atoms with Gasteiger partial charge in [0, 0.05) is 0 Å². The quantitative estimate of drug-likeness (QED) is 0.448. The van der Waals surface area contributed by atoms with Crippen LogP contribution in [-0.4, -0.2) is 0 Å². The lowest BCUT2D eigenvalue weighted by atomic mass is 9.62. The van der Waals surface area contributed by atoms with Crippen LogP contribution in [0.4, 0.5) is 0 Å². The molecular weight excluding hydrogens is 120 g/mol. The number of rotatable bonds is 0. The molecule has 56 valence electrons. The normalized spacial score (nSPS) is 29.5. The van der Waals surface area contributed by atoms with Crippen molar-refractivity contribution in [1.82, 2.24) is 0 Å². The Balaban J connectivity index is 2.04. The van der Waals surface area contributed by atoms with Crippen LogP contribution in [0.5, 0.6) is 0 Å². The Hall–Kier alpha value is -0.260. The van der Waals surface area contributed by atoms with Gasteiger partial charge in [-0.1, -0.05) is 18.1 Å². The third-order valence-electron chi connectivity index (χ3n) is 3.35. The Bertz CT molecular complexity index is 161. The van der Waals surface area contributed by atoms with Crippen LogP contribution in [0.25, 0.3) is 0 Å². The fourth-order valence-corrected chi connectivity index (χ4v) is 2.19. The molecule has 0 aromatic heterocycles. The average molecular weight is 136 g/mol. The van der Waals surface area contributed by atoms with Gasteiger partial charge in [0.1, 0.15) is 0 Å². The molecule has 0 nitrogen and oxygen atoms in total. The van der Waals surface area contributed by atoms with Crippen molar-refractivity contribution in [3.05, 3.63) is 11.6 Å². The fourth-order valence-electron chi connectivity index (χ4n) is 2.19. The largest absolute Gasteiger partial charge is 0.0851 e. The molecule has 10 heavy (non-hydrogen) atoms. The summed E-state index contributed by atoms with van der Waals surface area (Å²) in [5.41, 5.74) is 2.43. The van der Waals surface area contributed by atoms with E-state index in [2.05, 4.69) is 13.0 Å². The van der Waals surface area contributed by atoms with Crippen molar-refractivity contribution in [2.45, 2.75) is 45.4 Å². The second kappa shape index (κ2) is 2.11. The van der Waals surface area contributed by atoms with E-state index in [1.807, 2.05) is 0 Å². The zero-order chi connectivity index (χ0) is 7.03. The Morgan fingerprint density at radius 2 is 2.10 bits per heavy atom. The minimum atomic E-state index is 0.805. The highest BCUT2D eigenvalue weighted by Crippen LogP contribution is 2.50. The second-order valence-electron chi connectivity index (χ2n) is 4.11. The van der Waals surface area contributed by atoms with E-state index in [9.17, 15) is 0 Å². The maximum absolute atomic E-state index is 2.46. The predicted molar refractivity (Wildman–Crippen MR) is 43.9 cm³/mol. The minimum Gasteiger partial charge on any atom is -0.0851 e. The average Bonchev–Trinajstić information content (AvgIpc) is 1.86. The van der Waals surface area contributed by atoms with Crippen LogP contribution in [0.3, 0.4) is 0 Å². The summed E-state index contributed by atoms with van der Waals surface area (Å²) in [5.74, 6) is 0. The summed E-state index contributed by atoms with van der Waals surface area (Å²) in [6.07, 6.45) is 11.2. The molecule has 0 saturated heterocycles. The van der Waals surface area contributed by atoms with Crippen LogP contribution in [0.1, 0.15) is 45.4 Å². The molecule has 0 atom stereocenters. The molecule has 0 aliphatic heterocycles. The Kier molecular flexibility index (Phi) is 1.36. The van der Waals surface area contributed by atoms with Crippen molar-refractivity contribution >= 4 is 0 Å². The van der Waals surface area contributed by atoms with Crippen molar-refractivity contribution in [2.24, 2.45) is 5.41 Å². The molecule has 0 aromatic rings. The number of hydrogen-bond acceptors (Lipinski definition) is 0. The molecule has 1 fully saturated rings. The van der Waals surface area contributed by atoms with Crippen molar-refractivity contribution < 1.29 is 0 Å². The summed E-state index contributed by atoms with van der Waals surface area (Å²) < 4.78 is 0. The minimum absolute atomic E-state index is 0.805. The van der Waals surface area contributed by atoms with E-state index in [0.29, 0.717) is 0 Å². The first kappa shape index (κ1) is 6.45. The predicted octanol–water partition coefficient (Wildman–Crippen LogP) is 3.29. The van der Waals surface area contributed by atoms with Crippen molar-refractivity contribution in [3.63, 3.8) is 0 Å². The molecule has 0 N–H and O–H groups in total. The van der Waals surface area contributed by atoms with Crippen LogP contribution >= 0.6 is 0 Å². The first-order valence-corrected chi connectivity index (χ1v) is 4.46. The van der Waals surface area contributed by atoms with E-state index < -0.39 is 0 Å². The lowest BCUT2D eigenvalue weighted by molar-refractivity contribution is 0.117. The van der Waals surface area contributed by atoms with E-state index in [0.717, 1.165) is 5.41 Å².